The first kappa shape index (κ1) is 24.7. The van der Waals surface area contributed by atoms with E-state index in [1.807, 2.05) is 53.8 Å². The summed E-state index contributed by atoms with van der Waals surface area (Å²) >= 11 is 2.04. The Hall–Kier alpha value is -3.40. The van der Waals surface area contributed by atoms with Crippen LogP contribution in [0.5, 0.6) is 0 Å². The Morgan fingerprint density at radius 1 is 1.00 bits per heavy atom. The second-order valence-corrected chi connectivity index (χ2v) is 9.58. The van der Waals surface area contributed by atoms with Gasteiger partial charge in [-0.05, 0) is 69.5 Å². The molecule has 1 aliphatic carbocycles. The zero-order chi connectivity index (χ0) is 24.9. The Balaban J connectivity index is 1.43. The number of hydrogen-bond acceptors (Lipinski definition) is 4. The molecule has 0 saturated carbocycles. The normalized spacial score (nSPS) is 12.9. The molecule has 0 aliphatic heterocycles. The van der Waals surface area contributed by atoms with E-state index < -0.39 is 24.0 Å². The smallest absolute Gasteiger partial charge is 0.411 e. The van der Waals surface area contributed by atoms with Gasteiger partial charge in [0.25, 0.3) is 5.91 Å². The minimum absolute atomic E-state index is 0.0584. The number of nitrogens with one attached hydrogen (secondary N) is 2. The molecular formula is C27H25IN2O5. The van der Waals surface area contributed by atoms with E-state index in [4.69, 9.17) is 4.74 Å². The Morgan fingerprint density at radius 3 is 2.23 bits per heavy atom. The average Bonchev–Trinajstić information content (AvgIpc) is 3.15. The van der Waals surface area contributed by atoms with Crippen LogP contribution in [0.2, 0.25) is 0 Å². The maximum absolute atomic E-state index is 12.6. The highest BCUT2D eigenvalue weighted by atomic mass is 127. The molecule has 180 valence electrons. The fourth-order valence-corrected chi connectivity index (χ4v) is 5.00. The van der Waals surface area contributed by atoms with Gasteiger partial charge in [-0.1, -0.05) is 61.9 Å². The lowest BCUT2D eigenvalue weighted by Gasteiger charge is -2.16. The summed E-state index contributed by atoms with van der Waals surface area (Å²) in [4.78, 5) is 36.6. The molecule has 0 heterocycles. The maximum atomic E-state index is 12.6. The number of carboxylic acids is 1. The second kappa shape index (κ2) is 10.9. The number of carboxylic acid groups (broad SMARTS) is 1. The number of amides is 2. The van der Waals surface area contributed by atoms with Crippen LogP contribution in [0.15, 0.2) is 66.7 Å². The van der Waals surface area contributed by atoms with Crippen LogP contribution in [0, 0.1) is 3.57 Å². The highest BCUT2D eigenvalue weighted by molar-refractivity contribution is 14.1. The number of rotatable bonds is 8. The predicted molar refractivity (Wildman–Crippen MR) is 142 cm³/mol. The van der Waals surface area contributed by atoms with E-state index in [-0.39, 0.29) is 18.1 Å². The fraction of sp³-hybridized carbons (Fsp3) is 0.222. The van der Waals surface area contributed by atoms with Crippen molar-refractivity contribution in [1.29, 1.82) is 0 Å². The van der Waals surface area contributed by atoms with Crippen molar-refractivity contribution in [3.05, 3.63) is 87.0 Å². The number of carbonyl (C=O) groups is 3. The van der Waals surface area contributed by atoms with Crippen LogP contribution in [0.4, 0.5) is 10.5 Å². The Labute approximate surface area is 217 Å². The first-order valence-corrected chi connectivity index (χ1v) is 12.4. The Bertz CT molecular complexity index is 1230. The lowest BCUT2D eigenvalue weighted by molar-refractivity contribution is -0.139. The van der Waals surface area contributed by atoms with Crippen LogP contribution in [-0.2, 0) is 9.53 Å². The van der Waals surface area contributed by atoms with Crippen molar-refractivity contribution in [3.8, 4) is 11.1 Å². The largest absolute Gasteiger partial charge is 0.480 e. The molecule has 8 heteroatoms. The molecular weight excluding hydrogens is 559 g/mol. The van der Waals surface area contributed by atoms with Crippen LogP contribution in [-0.4, -0.2) is 35.7 Å². The number of benzene rings is 3. The summed E-state index contributed by atoms with van der Waals surface area (Å²) in [6.45, 7) is 2.03. The summed E-state index contributed by atoms with van der Waals surface area (Å²) in [6, 6.07) is 20.1. The van der Waals surface area contributed by atoms with Gasteiger partial charge in [0.1, 0.15) is 12.6 Å². The van der Waals surface area contributed by atoms with Crippen LogP contribution >= 0.6 is 22.6 Å². The van der Waals surface area contributed by atoms with Gasteiger partial charge >= 0.3 is 12.1 Å². The SMILES string of the molecule is CCCC(NC(=O)c1cc(I)cc(NC(=O)OCC2c3ccccc3-c3ccccc32)c1)C(=O)O. The van der Waals surface area contributed by atoms with Crippen molar-refractivity contribution in [2.24, 2.45) is 0 Å². The number of hydrogen-bond donors (Lipinski definition) is 3. The summed E-state index contributed by atoms with van der Waals surface area (Å²) in [7, 11) is 0. The summed E-state index contributed by atoms with van der Waals surface area (Å²) in [5.74, 6) is -1.65. The van der Waals surface area contributed by atoms with Crippen LogP contribution < -0.4 is 10.6 Å². The summed E-state index contributed by atoms with van der Waals surface area (Å²) in [5.41, 5.74) is 5.18. The van der Waals surface area contributed by atoms with E-state index in [2.05, 4.69) is 34.9 Å². The molecule has 0 bridgehead atoms. The third kappa shape index (κ3) is 5.64. The molecule has 35 heavy (non-hydrogen) atoms. The van der Waals surface area contributed by atoms with E-state index in [1.165, 1.54) is 6.07 Å². The predicted octanol–water partition coefficient (Wildman–Crippen LogP) is 5.64. The minimum Gasteiger partial charge on any atom is -0.480 e. The fourth-order valence-electron chi connectivity index (χ4n) is 4.33. The minimum atomic E-state index is -1.08. The maximum Gasteiger partial charge on any atom is 0.411 e. The topological polar surface area (TPSA) is 105 Å². The number of ether oxygens (including phenoxy) is 1. The van der Waals surface area contributed by atoms with Gasteiger partial charge < -0.3 is 15.2 Å². The van der Waals surface area contributed by atoms with Crippen LogP contribution in [0.25, 0.3) is 11.1 Å². The summed E-state index contributed by atoms with van der Waals surface area (Å²) in [6.07, 6.45) is 0.322. The molecule has 0 radical (unpaired) electrons. The number of anilines is 1. The molecule has 1 aliphatic rings. The molecule has 1 atom stereocenters. The quantitative estimate of drug-likeness (QED) is 0.298. The number of carbonyl (C=O) groups excluding carboxylic acids is 2. The van der Waals surface area contributed by atoms with Crippen molar-refractivity contribution in [2.45, 2.75) is 31.7 Å². The lowest BCUT2D eigenvalue weighted by Crippen LogP contribution is -2.40. The van der Waals surface area contributed by atoms with E-state index in [9.17, 15) is 19.5 Å². The zero-order valence-corrected chi connectivity index (χ0v) is 21.2. The zero-order valence-electron chi connectivity index (χ0n) is 19.1. The first-order valence-electron chi connectivity index (χ1n) is 11.3. The lowest BCUT2D eigenvalue weighted by atomic mass is 9.98. The Morgan fingerprint density at radius 2 is 1.63 bits per heavy atom. The molecule has 0 aromatic heterocycles. The number of halogens is 1. The van der Waals surface area contributed by atoms with Gasteiger partial charge in [-0.3, -0.25) is 10.1 Å². The van der Waals surface area contributed by atoms with Gasteiger partial charge in [-0.15, -0.1) is 0 Å². The molecule has 0 saturated heterocycles. The van der Waals surface area contributed by atoms with Crippen LogP contribution in [0.1, 0.15) is 47.2 Å². The van der Waals surface area contributed by atoms with E-state index in [0.717, 1.165) is 22.3 Å². The van der Waals surface area contributed by atoms with Crippen molar-refractivity contribution >= 4 is 46.2 Å². The Kier molecular flexibility index (Phi) is 7.70. The molecule has 7 nitrogen and oxygen atoms in total. The molecule has 3 aromatic rings. The highest BCUT2D eigenvalue weighted by Gasteiger charge is 2.29. The average molecular weight is 584 g/mol. The highest BCUT2D eigenvalue weighted by Crippen LogP contribution is 2.44. The number of fused-ring (bicyclic) bond motifs is 3. The molecule has 3 aromatic carbocycles. The van der Waals surface area contributed by atoms with Gasteiger partial charge in [0.05, 0.1) is 0 Å². The van der Waals surface area contributed by atoms with Gasteiger partial charge in [0, 0.05) is 20.7 Å². The van der Waals surface area contributed by atoms with Gasteiger partial charge in [-0.2, -0.15) is 0 Å². The third-order valence-electron chi connectivity index (χ3n) is 5.93. The monoisotopic (exact) mass is 584 g/mol. The summed E-state index contributed by atoms with van der Waals surface area (Å²) < 4.78 is 6.30. The number of aliphatic carboxylic acids is 1. The standard InChI is InChI=1S/C27H25IN2O5/c1-2-7-24(26(32)33)30-25(31)16-12-17(28)14-18(13-16)29-27(34)35-15-23-21-10-5-3-8-19(21)20-9-4-6-11-22(20)23/h3-6,8-14,23-24H,2,7,15H2,1H3,(H,29,34)(H,30,31)(H,32,33). The van der Waals surface area contributed by atoms with Crippen molar-refractivity contribution < 1.29 is 24.2 Å². The molecule has 0 fully saturated rings. The molecule has 1 unspecified atom stereocenters. The van der Waals surface area contributed by atoms with E-state index >= 15 is 0 Å². The summed E-state index contributed by atoms with van der Waals surface area (Å²) in [5, 5.41) is 14.5. The van der Waals surface area contributed by atoms with Gasteiger partial charge in [0.15, 0.2) is 0 Å². The van der Waals surface area contributed by atoms with Gasteiger partial charge in [0.2, 0.25) is 0 Å². The van der Waals surface area contributed by atoms with E-state index in [0.29, 0.717) is 22.1 Å². The third-order valence-corrected chi connectivity index (χ3v) is 6.55. The van der Waals surface area contributed by atoms with Crippen LogP contribution in [0.3, 0.4) is 0 Å². The second-order valence-electron chi connectivity index (χ2n) is 8.33. The van der Waals surface area contributed by atoms with Crippen molar-refractivity contribution in [1.82, 2.24) is 5.32 Å². The molecule has 4 rings (SSSR count). The van der Waals surface area contributed by atoms with Crippen molar-refractivity contribution in [3.63, 3.8) is 0 Å². The van der Waals surface area contributed by atoms with Gasteiger partial charge in [-0.25, -0.2) is 9.59 Å². The molecule has 2 amide bonds. The first-order chi connectivity index (χ1) is 16.9. The molecule has 0 spiro atoms. The van der Waals surface area contributed by atoms with E-state index in [1.54, 1.807) is 12.1 Å². The molecule has 3 N–H and O–H groups in total. The van der Waals surface area contributed by atoms with Crippen molar-refractivity contribution in [2.75, 3.05) is 11.9 Å².